The first-order valence-electron chi connectivity index (χ1n) is 46.1. The molecule has 0 amide bonds. The molecule has 0 aliphatic rings. The lowest BCUT2D eigenvalue weighted by molar-refractivity contribution is -0.161. The van der Waals surface area contributed by atoms with Gasteiger partial charge in [-0.2, -0.15) is 0 Å². The van der Waals surface area contributed by atoms with Crippen molar-refractivity contribution < 1.29 is 75.8 Å². The van der Waals surface area contributed by atoms with Gasteiger partial charge < -0.3 is 34.2 Å². The van der Waals surface area contributed by atoms with Crippen molar-refractivity contribution in [3.63, 3.8) is 0 Å². The van der Waals surface area contributed by atoms with Crippen LogP contribution in [0.15, 0.2) is 146 Å². The number of phosphoric ester groups is 2. The highest BCUT2D eigenvalue weighted by atomic mass is 31.2. The Bertz CT molecular complexity index is 2670. The van der Waals surface area contributed by atoms with Crippen molar-refractivity contribution in [2.75, 3.05) is 39.6 Å². The summed E-state index contributed by atoms with van der Waals surface area (Å²) in [4.78, 5) is 58.9. The van der Waals surface area contributed by atoms with Crippen LogP contribution in [0.5, 0.6) is 0 Å². The van der Waals surface area contributed by atoms with E-state index in [1.54, 1.807) is 0 Å². The minimum absolute atomic E-state index is 0.0855. The monoisotopic (exact) mass is 1650 g/mol. The van der Waals surface area contributed by atoms with E-state index >= 15 is 0 Å². The molecule has 0 bridgehead atoms. The van der Waals surface area contributed by atoms with Gasteiger partial charge in [0.2, 0.25) is 0 Å². The minimum Gasteiger partial charge on any atom is -0.463 e. The third kappa shape index (κ3) is 90.0. The Balaban J connectivity index is 4.44. The summed E-state index contributed by atoms with van der Waals surface area (Å²) in [6.07, 6.45) is 112. The summed E-state index contributed by atoms with van der Waals surface area (Å²) in [7, 11) is -9.81. The maximum absolute atomic E-state index is 13.0. The highest BCUT2D eigenvalue weighted by Gasteiger charge is 2.29. The van der Waals surface area contributed by atoms with Crippen LogP contribution in [0.25, 0.3) is 0 Å². The lowest BCUT2D eigenvalue weighted by Gasteiger charge is -2.21. The van der Waals surface area contributed by atoms with Gasteiger partial charge in [0.05, 0.1) is 26.4 Å². The summed E-state index contributed by atoms with van der Waals surface area (Å²) in [5.41, 5.74) is 0. The molecule has 0 saturated carbocycles. The second-order valence-corrected chi connectivity index (χ2v) is 33.6. The molecule has 5 atom stereocenters. The highest BCUT2D eigenvalue weighted by molar-refractivity contribution is 7.47. The number of carbonyl (C=O) groups excluding carboxylic acids is 3. The van der Waals surface area contributed by atoms with Crippen molar-refractivity contribution in [1.82, 2.24) is 0 Å². The van der Waals surface area contributed by atoms with E-state index in [4.69, 9.17) is 32.3 Å². The van der Waals surface area contributed by atoms with Crippen molar-refractivity contribution in [1.29, 1.82) is 0 Å². The largest absolute Gasteiger partial charge is 0.472 e. The van der Waals surface area contributed by atoms with E-state index in [9.17, 15) is 43.5 Å². The van der Waals surface area contributed by atoms with Crippen molar-refractivity contribution in [3.8, 4) is 0 Å². The molecule has 18 heteroatoms. The van der Waals surface area contributed by atoms with Gasteiger partial charge in [-0.25, -0.2) is 9.13 Å². The number of esters is 3. The number of unbranched alkanes of at least 4 members (excludes halogenated alkanes) is 40. The Hall–Kier alpha value is -4.57. The highest BCUT2D eigenvalue weighted by Crippen LogP contribution is 2.45. The first kappa shape index (κ1) is 110. The normalized spacial score (nSPS) is 14.5. The molecule has 0 saturated heterocycles. The van der Waals surface area contributed by atoms with Gasteiger partial charge in [0, 0.05) is 19.3 Å². The van der Waals surface area contributed by atoms with Gasteiger partial charge in [0.15, 0.2) is 6.10 Å². The lowest BCUT2D eigenvalue weighted by Crippen LogP contribution is -2.30. The number of aliphatic hydroxyl groups is 2. The van der Waals surface area contributed by atoms with Gasteiger partial charge in [0.1, 0.15) is 25.4 Å². The molecule has 0 fully saturated rings. The number of rotatable bonds is 87. The van der Waals surface area contributed by atoms with E-state index in [-0.39, 0.29) is 19.3 Å². The van der Waals surface area contributed by atoms with E-state index in [0.717, 1.165) is 154 Å². The molecule has 662 valence electrons. The average Bonchev–Trinajstić information content (AvgIpc) is 0.898. The topological polar surface area (TPSA) is 231 Å². The smallest absolute Gasteiger partial charge is 0.463 e. The standard InChI is InChI=1S/C97H168O16P2/c1-4-7-10-13-16-19-22-25-28-30-32-34-36-38-40-42-43-44-45-46-47-49-51-52-54-56-58-60-63-65-68-71-74-77-80-83-95(100)107-86-92(98)87-109-114(103,104)110-88-93(99)89-111-115(105,106)112-91-94(113-97(102)85-82-79-76-73-70-67-62-27-24-21-18-15-12-9-6-3)90-108-96(101)84-81-78-75-72-69-66-64-61-59-57-55-53-50-48-41-39-37-35-33-31-29-26-23-20-17-14-11-8-5-2/h8,11,16-21,25-29,32-35,38-41,50,53,62,92-94,98-99H,4-7,9-10,12-15,22-24,30-31,36-37,42-49,51-52,54-61,63-91H2,1-3H3,(H,103,104)(H,105,106)/b11-8-,19-16-,20-17-,21-18-,28-25-,29-26-,34-32-,35-33-,40-38-,41-39-,53-50-,62-27-. The molecular weight excluding hydrogens is 1480 g/mol. The van der Waals surface area contributed by atoms with Crippen LogP contribution in [0.3, 0.4) is 0 Å². The number of carbonyl (C=O) groups is 3. The van der Waals surface area contributed by atoms with Gasteiger partial charge >= 0.3 is 33.6 Å². The summed E-state index contributed by atoms with van der Waals surface area (Å²) < 4.78 is 61.4. The van der Waals surface area contributed by atoms with Crippen LogP contribution in [0.4, 0.5) is 0 Å². The van der Waals surface area contributed by atoms with E-state index in [1.807, 2.05) is 0 Å². The molecule has 0 rings (SSSR count). The minimum atomic E-state index is -4.94. The summed E-state index contributed by atoms with van der Waals surface area (Å²) >= 11 is 0. The number of aliphatic hydroxyl groups excluding tert-OH is 2. The average molecular weight is 1650 g/mol. The van der Waals surface area contributed by atoms with Gasteiger partial charge in [-0.15, -0.1) is 0 Å². The van der Waals surface area contributed by atoms with Crippen molar-refractivity contribution in [2.24, 2.45) is 0 Å². The van der Waals surface area contributed by atoms with Gasteiger partial charge in [-0.3, -0.25) is 32.5 Å². The number of phosphoric acid groups is 2. The van der Waals surface area contributed by atoms with Crippen LogP contribution in [-0.4, -0.2) is 95.9 Å². The Kier molecular flexibility index (Phi) is 85.2. The third-order valence-electron chi connectivity index (χ3n) is 19.5. The molecule has 5 unspecified atom stereocenters. The maximum atomic E-state index is 13.0. The molecular formula is C97H168O16P2. The summed E-state index contributed by atoms with van der Waals surface area (Å²) in [6, 6.07) is 0. The maximum Gasteiger partial charge on any atom is 0.472 e. The lowest BCUT2D eigenvalue weighted by atomic mass is 10.0. The first-order valence-corrected chi connectivity index (χ1v) is 49.1. The SMILES string of the molecule is CC/C=C\C/C=C\C/C=C\C/C=C\C/C=C\C/C=C\CCCCCCCCCCCCC(=O)OCC(COP(=O)(O)OCC(O)COP(=O)(O)OCC(O)COC(=O)CCCCCCCCCCCCCCCCCCCCC/C=C\C/C=C\C/C=C\C/C=C\CCCCC)OC(=O)CCCCCCC/C=C\C/C=C\CCCCC. The predicted octanol–water partition coefficient (Wildman–Crippen LogP) is 28.3. The molecule has 16 nitrogen and oxygen atoms in total. The van der Waals surface area contributed by atoms with Crippen molar-refractivity contribution in [3.05, 3.63) is 146 Å². The van der Waals surface area contributed by atoms with Crippen LogP contribution in [-0.2, 0) is 55.8 Å². The Morgan fingerprint density at radius 2 is 0.461 bits per heavy atom. The molecule has 0 aliphatic heterocycles. The number of ether oxygens (including phenoxy) is 3. The van der Waals surface area contributed by atoms with Gasteiger partial charge in [0.25, 0.3) is 0 Å². The molecule has 0 radical (unpaired) electrons. The quantitative estimate of drug-likeness (QED) is 0.0146. The fourth-order valence-corrected chi connectivity index (χ4v) is 14.1. The summed E-state index contributed by atoms with van der Waals surface area (Å²) in [5, 5.41) is 20.7. The fraction of sp³-hybridized carbons (Fsp3) is 0.722. The second kappa shape index (κ2) is 88.7. The number of hydrogen-bond donors (Lipinski definition) is 4. The number of allylic oxidation sites excluding steroid dienone is 24. The molecule has 115 heavy (non-hydrogen) atoms. The van der Waals surface area contributed by atoms with Crippen LogP contribution >= 0.6 is 15.6 Å². The molecule has 0 spiro atoms. The summed E-state index contributed by atoms with van der Waals surface area (Å²) in [5.74, 6) is -1.59. The van der Waals surface area contributed by atoms with E-state index in [0.29, 0.717) is 19.3 Å². The van der Waals surface area contributed by atoms with E-state index < -0.39 is 91.5 Å². The Labute approximate surface area is 702 Å². The number of hydrogen-bond acceptors (Lipinski definition) is 14. The fourth-order valence-electron chi connectivity index (χ4n) is 12.5. The third-order valence-corrected chi connectivity index (χ3v) is 21.4. The van der Waals surface area contributed by atoms with Crippen molar-refractivity contribution >= 4 is 33.6 Å². The predicted molar refractivity (Wildman–Crippen MR) is 482 cm³/mol. The second-order valence-electron chi connectivity index (χ2n) is 30.7. The van der Waals surface area contributed by atoms with Crippen LogP contribution in [0.2, 0.25) is 0 Å². The van der Waals surface area contributed by atoms with Gasteiger partial charge in [-0.05, 0) is 148 Å². The van der Waals surface area contributed by atoms with Gasteiger partial charge in [-0.1, -0.05) is 372 Å². The Morgan fingerprint density at radius 3 is 0.730 bits per heavy atom. The van der Waals surface area contributed by atoms with E-state index in [2.05, 4.69) is 167 Å². The Morgan fingerprint density at radius 1 is 0.252 bits per heavy atom. The van der Waals surface area contributed by atoms with Crippen molar-refractivity contribution in [2.45, 2.75) is 411 Å². The van der Waals surface area contributed by atoms with E-state index in [1.165, 1.54) is 180 Å². The molecule has 4 N–H and O–H groups in total. The summed E-state index contributed by atoms with van der Waals surface area (Å²) in [6.45, 7) is 2.54. The molecule has 0 aromatic heterocycles. The molecule has 0 aromatic rings. The zero-order valence-corrected chi connectivity index (χ0v) is 74.7. The zero-order chi connectivity index (χ0) is 83.6. The van der Waals surface area contributed by atoms with Crippen LogP contribution < -0.4 is 0 Å². The zero-order valence-electron chi connectivity index (χ0n) is 72.9. The molecule has 0 heterocycles. The van der Waals surface area contributed by atoms with Crippen LogP contribution in [0.1, 0.15) is 393 Å². The molecule has 0 aliphatic carbocycles. The van der Waals surface area contributed by atoms with Crippen LogP contribution in [0, 0.1) is 0 Å². The molecule has 0 aromatic carbocycles. The first-order chi connectivity index (χ1) is 56.2.